The van der Waals surface area contributed by atoms with Gasteiger partial charge in [-0.2, -0.15) is 0 Å². The monoisotopic (exact) mass is 321 g/mol. The van der Waals surface area contributed by atoms with Crippen molar-refractivity contribution in [2.45, 2.75) is 37.3 Å². The van der Waals surface area contributed by atoms with E-state index in [9.17, 15) is 5.11 Å². The van der Waals surface area contributed by atoms with Gasteiger partial charge < -0.3 is 9.84 Å². The molecule has 19 heavy (non-hydrogen) atoms. The van der Waals surface area contributed by atoms with Crippen LogP contribution in [-0.4, -0.2) is 20.5 Å². The van der Waals surface area contributed by atoms with Crippen LogP contribution in [0.25, 0.3) is 10.9 Å². The predicted molar refractivity (Wildman–Crippen MR) is 78.9 cm³/mol. The molecule has 3 rings (SSSR count). The summed E-state index contributed by atoms with van der Waals surface area (Å²) in [5, 5.41) is 11.5. The summed E-state index contributed by atoms with van der Waals surface area (Å²) in [5.74, 6) is 0.742. The number of hydrogen-bond acceptors (Lipinski definition) is 3. The van der Waals surface area contributed by atoms with Gasteiger partial charge >= 0.3 is 0 Å². The number of fused-ring (bicyclic) bond motifs is 2. The van der Waals surface area contributed by atoms with Crippen LogP contribution in [0.3, 0.4) is 0 Å². The summed E-state index contributed by atoms with van der Waals surface area (Å²) < 4.78 is 6.01. The molecule has 0 aliphatic carbocycles. The minimum absolute atomic E-state index is 0.144. The molecule has 1 N–H and O–H groups in total. The number of pyridine rings is 1. The molecule has 2 atom stereocenters. The zero-order chi connectivity index (χ0) is 13.8. The number of aliphatic hydroxyl groups excluding tert-OH is 1. The number of benzene rings is 1. The number of hydrogen-bond donors (Lipinski definition) is 1. The Balaban J connectivity index is 2.22. The first-order valence-electron chi connectivity index (χ1n) is 6.31. The minimum Gasteiger partial charge on any atom is -0.486 e. The van der Waals surface area contributed by atoms with E-state index in [4.69, 9.17) is 4.74 Å². The average Bonchev–Trinajstić information content (AvgIpc) is 2.34. The van der Waals surface area contributed by atoms with Crippen LogP contribution < -0.4 is 4.74 Å². The Morgan fingerprint density at radius 2 is 2.05 bits per heavy atom. The smallest absolute Gasteiger partial charge is 0.126 e. The average molecular weight is 322 g/mol. The van der Waals surface area contributed by atoms with E-state index in [0.29, 0.717) is 0 Å². The van der Waals surface area contributed by atoms with Crippen molar-refractivity contribution < 1.29 is 9.84 Å². The fourth-order valence-corrected chi connectivity index (χ4v) is 2.84. The largest absolute Gasteiger partial charge is 0.486 e. The van der Waals surface area contributed by atoms with E-state index in [1.165, 1.54) is 0 Å². The van der Waals surface area contributed by atoms with Crippen molar-refractivity contribution in [3.8, 4) is 5.75 Å². The Kier molecular flexibility index (Phi) is 2.84. The van der Waals surface area contributed by atoms with Gasteiger partial charge in [0.05, 0.1) is 16.4 Å². The molecule has 0 saturated carbocycles. The van der Waals surface area contributed by atoms with Crippen LogP contribution >= 0.6 is 15.9 Å². The molecule has 0 fully saturated rings. The van der Waals surface area contributed by atoms with Crippen molar-refractivity contribution in [1.29, 1.82) is 0 Å². The zero-order valence-corrected chi connectivity index (χ0v) is 12.7. The van der Waals surface area contributed by atoms with Crippen molar-refractivity contribution in [3.63, 3.8) is 0 Å². The van der Waals surface area contributed by atoms with Gasteiger partial charge in [-0.3, -0.25) is 4.98 Å². The molecular weight excluding hydrogens is 306 g/mol. The first-order valence-corrected chi connectivity index (χ1v) is 7.22. The van der Waals surface area contributed by atoms with Crippen LogP contribution in [0.15, 0.2) is 24.3 Å². The predicted octanol–water partition coefficient (Wildman–Crippen LogP) is 3.51. The Morgan fingerprint density at radius 1 is 1.32 bits per heavy atom. The number of aliphatic hydroxyl groups is 1. The van der Waals surface area contributed by atoms with E-state index in [2.05, 4.69) is 20.9 Å². The number of nitrogens with zero attached hydrogens (tertiary/aromatic N) is 1. The van der Waals surface area contributed by atoms with Crippen molar-refractivity contribution in [1.82, 2.24) is 4.98 Å². The van der Waals surface area contributed by atoms with Gasteiger partial charge in [-0.25, -0.2) is 0 Å². The third-order valence-electron chi connectivity index (χ3n) is 3.59. The number of aryl methyl sites for hydroxylation is 1. The molecule has 1 aromatic heterocycles. The molecule has 100 valence electrons. The lowest BCUT2D eigenvalue weighted by Crippen LogP contribution is -2.45. The lowest BCUT2D eigenvalue weighted by atomic mass is 9.91. The van der Waals surface area contributed by atoms with Crippen LogP contribution in [0.2, 0.25) is 0 Å². The Hall–Kier alpha value is -1.13. The van der Waals surface area contributed by atoms with E-state index < -0.39 is 11.7 Å². The van der Waals surface area contributed by atoms with Crippen molar-refractivity contribution in [2.75, 3.05) is 0 Å². The molecule has 4 heteroatoms. The molecule has 0 spiro atoms. The van der Waals surface area contributed by atoms with Gasteiger partial charge in [-0.1, -0.05) is 22.0 Å². The zero-order valence-electron chi connectivity index (χ0n) is 11.1. The summed E-state index contributed by atoms with van der Waals surface area (Å²) in [6.45, 7) is 5.90. The molecule has 0 saturated heterocycles. The summed E-state index contributed by atoms with van der Waals surface area (Å²) in [5.41, 5.74) is 2.21. The maximum atomic E-state index is 10.4. The lowest BCUT2D eigenvalue weighted by molar-refractivity contribution is 0.0228. The van der Waals surface area contributed by atoms with Gasteiger partial charge in [0, 0.05) is 16.6 Å². The lowest BCUT2D eigenvalue weighted by Gasteiger charge is -2.40. The minimum atomic E-state index is -0.592. The van der Waals surface area contributed by atoms with Gasteiger partial charge in [-0.15, -0.1) is 0 Å². The molecule has 2 aromatic rings. The second-order valence-electron chi connectivity index (χ2n) is 5.59. The normalized spacial score (nSPS) is 24.9. The van der Waals surface area contributed by atoms with Crippen LogP contribution in [0.4, 0.5) is 0 Å². The molecule has 0 bridgehead atoms. The van der Waals surface area contributed by atoms with E-state index in [0.717, 1.165) is 27.9 Å². The number of alkyl halides is 1. The van der Waals surface area contributed by atoms with Crippen LogP contribution in [-0.2, 0) is 0 Å². The van der Waals surface area contributed by atoms with Gasteiger partial charge in [0.1, 0.15) is 11.4 Å². The molecule has 2 heterocycles. The van der Waals surface area contributed by atoms with Crippen LogP contribution in [0.5, 0.6) is 5.75 Å². The highest BCUT2D eigenvalue weighted by Gasteiger charge is 2.41. The van der Waals surface area contributed by atoms with E-state index in [1.54, 1.807) is 0 Å². The third kappa shape index (κ3) is 2.03. The topological polar surface area (TPSA) is 42.4 Å². The van der Waals surface area contributed by atoms with Gasteiger partial charge in [-0.05, 0) is 39.0 Å². The maximum Gasteiger partial charge on any atom is 0.126 e. The third-order valence-corrected chi connectivity index (χ3v) is 5.20. The Labute approximate surface area is 120 Å². The quantitative estimate of drug-likeness (QED) is 0.755. The maximum absolute atomic E-state index is 10.4. The van der Waals surface area contributed by atoms with E-state index in [1.807, 2.05) is 45.0 Å². The molecule has 0 radical (unpaired) electrons. The van der Waals surface area contributed by atoms with Crippen molar-refractivity contribution >= 4 is 26.8 Å². The van der Waals surface area contributed by atoms with Crippen LogP contribution in [0.1, 0.15) is 31.2 Å². The molecule has 1 aromatic carbocycles. The summed E-state index contributed by atoms with van der Waals surface area (Å²) in [6.07, 6.45) is -0.592. The molecule has 1 aliphatic heterocycles. The van der Waals surface area contributed by atoms with Crippen molar-refractivity contribution in [3.05, 3.63) is 35.5 Å². The highest BCUT2D eigenvalue weighted by molar-refractivity contribution is 9.09. The van der Waals surface area contributed by atoms with E-state index in [-0.39, 0.29) is 4.83 Å². The summed E-state index contributed by atoms with van der Waals surface area (Å²) >= 11 is 3.53. The van der Waals surface area contributed by atoms with Gasteiger partial charge in [0.15, 0.2) is 0 Å². The summed E-state index contributed by atoms with van der Waals surface area (Å²) in [4.78, 5) is 4.35. The summed E-state index contributed by atoms with van der Waals surface area (Å²) in [6, 6.07) is 7.89. The summed E-state index contributed by atoms with van der Waals surface area (Å²) in [7, 11) is 0. The van der Waals surface area contributed by atoms with Gasteiger partial charge in [0.25, 0.3) is 0 Å². The fourth-order valence-electron chi connectivity index (χ4n) is 2.47. The Bertz CT molecular complexity index is 654. The molecule has 0 unspecified atom stereocenters. The molecule has 3 nitrogen and oxygen atoms in total. The Morgan fingerprint density at radius 3 is 2.79 bits per heavy atom. The number of ether oxygens (including phenoxy) is 1. The first-order chi connectivity index (χ1) is 8.88. The van der Waals surface area contributed by atoms with E-state index >= 15 is 0 Å². The highest BCUT2D eigenvalue weighted by Crippen LogP contribution is 2.44. The molecule has 0 amide bonds. The second-order valence-corrected chi connectivity index (χ2v) is 6.57. The molecule has 1 aliphatic rings. The SMILES string of the molecule is Cc1ccc2cc3c(cc2n1)[C@@H](O)[C@H](Br)C(C)(C)O3. The van der Waals surface area contributed by atoms with Gasteiger partial charge in [0.2, 0.25) is 0 Å². The number of aromatic nitrogens is 1. The first kappa shape index (κ1) is 12.9. The second kappa shape index (κ2) is 4.18. The fraction of sp³-hybridized carbons (Fsp3) is 0.400. The number of rotatable bonds is 0. The molecular formula is C15H16BrNO2. The van der Waals surface area contributed by atoms with Crippen LogP contribution in [0, 0.1) is 6.92 Å². The highest BCUT2D eigenvalue weighted by atomic mass is 79.9. The standard InChI is InChI=1S/C15H16BrNO2/c1-8-4-5-9-6-12-10(7-11(9)17-8)13(18)14(16)15(2,3)19-12/h4-7,13-14,18H,1-3H3/t13-,14+/m1/s1. The number of halogens is 1. The van der Waals surface area contributed by atoms with Crippen molar-refractivity contribution in [2.24, 2.45) is 0 Å².